The van der Waals surface area contributed by atoms with Crippen LogP contribution in [0.4, 0.5) is 0 Å². The normalized spacial score (nSPS) is 6.89. The second-order valence-corrected chi connectivity index (χ2v) is 1.34. The molecule has 0 bridgehead atoms. The van der Waals surface area contributed by atoms with Gasteiger partial charge in [0, 0.05) is 27.3 Å². The summed E-state index contributed by atoms with van der Waals surface area (Å²) in [5.74, 6) is 0. The maximum atomic E-state index is 8.74. The van der Waals surface area contributed by atoms with Gasteiger partial charge in [0.05, 0.1) is 0 Å². The maximum absolute atomic E-state index is 8.74. The van der Waals surface area contributed by atoms with Crippen molar-refractivity contribution in [3.63, 3.8) is 0 Å². The van der Waals surface area contributed by atoms with E-state index in [-0.39, 0.29) is 53.1 Å². The topological polar surface area (TPSA) is 91.7 Å². The molecule has 9 heavy (non-hydrogen) atoms. The molecular formula is H5CdInO5SSn. The summed E-state index contributed by atoms with van der Waals surface area (Å²) in [5, 5.41) is 0. The van der Waals surface area contributed by atoms with Crippen LogP contribution >= 0.6 is 0 Å². The van der Waals surface area contributed by atoms with Crippen LogP contribution in [-0.2, 0) is 40.8 Å². The Hall–Kier alpha value is 2.26. The molecule has 0 atom stereocenters. The molecule has 0 saturated heterocycles. The molecule has 0 aromatic carbocycles. The van der Waals surface area contributed by atoms with Crippen molar-refractivity contribution in [1.29, 1.82) is 0 Å². The molecule has 5 nitrogen and oxygen atoms in total. The van der Waals surface area contributed by atoms with Gasteiger partial charge in [-0.2, -0.15) is 8.42 Å². The molecule has 0 heterocycles. The Labute approximate surface area is 105 Å². The first-order valence-electron chi connectivity index (χ1n) is 0.903. The van der Waals surface area contributed by atoms with Gasteiger partial charge in [0.25, 0.3) is 0 Å². The monoisotopic (exact) mass is 466 g/mol. The first kappa shape index (κ1) is 22.5. The molecule has 0 rings (SSSR count). The molecule has 0 unspecified atom stereocenters. The van der Waals surface area contributed by atoms with Crippen molar-refractivity contribution < 1.29 is 47.9 Å². The van der Waals surface area contributed by atoms with Crippen LogP contribution in [-0.4, -0.2) is 65.9 Å². The van der Waals surface area contributed by atoms with Crippen LogP contribution in [0.2, 0.25) is 0 Å². The Morgan fingerprint density at radius 3 is 1.11 bits per heavy atom. The van der Waals surface area contributed by atoms with E-state index in [1.807, 2.05) is 0 Å². The van der Waals surface area contributed by atoms with E-state index in [4.69, 9.17) is 20.6 Å². The Morgan fingerprint density at radius 2 is 1.11 bits per heavy atom. The summed E-state index contributed by atoms with van der Waals surface area (Å²) in [6.07, 6.45) is 0. The zero-order chi connectivity index (χ0) is 6.50. The van der Waals surface area contributed by atoms with Crippen molar-refractivity contribution in [3.8, 4) is 0 Å². The molecule has 0 aliphatic heterocycles. The fourth-order valence-electron chi connectivity index (χ4n) is 0. The van der Waals surface area contributed by atoms with Crippen molar-refractivity contribution in [1.82, 2.24) is 0 Å². The first-order valence-corrected chi connectivity index (χ1v) is 3.46. The van der Waals surface area contributed by atoms with E-state index in [1.54, 1.807) is 0 Å². The zero-order valence-electron chi connectivity index (χ0n) is 3.73. The van der Waals surface area contributed by atoms with Crippen LogP contribution in [0.1, 0.15) is 0 Å². The first-order chi connectivity index (χ1) is 3.00. The van der Waals surface area contributed by atoms with E-state index in [1.165, 1.54) is 0 Å². The van der Waals surface area contributed by atoms with Crippen molar-refractivity contribution >= 4 is 58.8 Å². The van der Waals surface area contributed by atoms with Gasteiger partial charge >= 0.3 is 61.8 Å². The average molecular weight is 463 g/mol. The molecule has 2 radical (unpaired) electrons. The van der Waals surface area contributed by atoms with E-state index in [9.17, 15) is 0 Å². The molecule has 0 spiro atoms. The van der Waals surface area contributed by atoms with E-state index in [2.05, 4.69) is 0 Å². The van der Waals surface area contributed by atoms with Gasteiger partial charge in [0.2, 0.25) is 0 Å². The standard InChI is InChI=1S/Cd.In.H2O4S.O.Sn.3H/c;;1-5(2,3)4;;;;;/h;;(H2,1,2,3,4);;;;;. The summed E-state index contributed by atoms with van der Waals surface area (Å²) in [4.78, 5) is 0. The molecule has 0 aromatic rings. The minimum atomic E-state index is -4.67. The second-order valence-electron chi connectivity index (χ2n) is 0.448. The van der Waals surface area contributed by atoms with E-state index < -0.39 is 10.4 Å². The predicted molar refractivity (Wildman–Crippen MR) is 30.6 cm³/mol. The molecule has 0 amide bonds. The predicted octanol–water partition coefficient (Wildman–Crippen LogP) is -2.34. The fraction of sp³-hybridized carbons (Fsp3) is 0. The van der Waals surface area contributed by atoms with Crippen LogP contribution < -0.4 is 0 Å². The van der Waals surface area contributed by atoms with Gasteiger partial charge in [-0.3, -0.25) is 9.11 Å². The third-order valence-electron chi connectivity index (χ3n) is 0. The summed E-state index contributed by atoms with van der Waals surface area (Å²) in [5.41, 5.74) is 0. The van der Waals surface area contributed by atoms with Gasteiger partial charge in [-0.05, 0) is 0 Å². The third-order valence-corrected chi connectivity index (χ3v) is 0. The molecule has 0 aromatic heterocycles. The number of hydrogen-bond acceptors (Lipinski definition) is 3. The molecule has 9 heteroatoms. The molecule has 0 aliphatic rings. The quantitative estimate of drug-likeness (QED) is 0.311. The van der Waals surface area contributed by atoms with Crippen molar-refractivity contribution in [3.05, 3.63) is 0 Å². The Morgan fingerprint density at radius 1 is 1.11 bits per heavy atom. The summed E-state index contributed by atoms with van der Waals surface area (Å²) in [7, 11) is -4.67. The summed E-state index contributed by atoms with van der Waals surface area (Å²) in [6, 6.07) is 0. The molecule has 2 N–H and O–H groups in total. The molecule has 50 valence electrons. The van der Waals surface area contributed by atoms with Crippen LogP contribution in [0.5, 0.6) is 0 Å². The number of hydrogen-bond donors (Lipinski definition) is 2. The van der Waals surface area contributed by atoms with E-state index in [0.717, 1.165) is 0 Å². The Bertz CT molecular complexity index is 111. The summed E-state index contributed by atoms with van der Waals surface area (Å²) < 4.78 is 39.9. The van der Waals surface area contributed by atoms with Crippen molar-refractivity contribution in [2.45, 2.75) is 0 Å². The van der Waals surface area contributed by atoms with Gasteiger partial charge in [-0.15, -0.1) is 0 Å². The van der Waals surface area contributed by atoms with Crippen LogP contribution in [0.15, 0.2) is 0 Å². The van der Waals surface area contributed by atoms with Gasteiger partial charge in [-0.1, -0.05) is 0 Å². The fourth-order valence-corrected chi connectivity index (χ4v) is 0. The van der Waals surface area contributed by atoms with Gasteiger partial charge < -0.3 is 0 Å². The van der Waals surface area contributed by atoms with Gasteiger partial charge in [0.15, 0.2) is 0 Å². The van der Waals surface area contributed by atoms with Gasteiger partial charge in [0.1, 0.15) is 0 Å². The summed E-state index contributed by atoms with van der Waals surface area (Å²) >= 11 is 0.300. The van der Waals surface area contributed by atoms with Crippen LogP contribution in [0.25, 0.3) is 0 Å². The third kappa shape index (κ3) is 137. The van der Waals surface area contributed by atoms with Crippen LogP contribution in [0.3, 0.4) is 0 Å². The molecule has 0 fully saturated rings. The van der Waals surface area contributed by atoms with E-state index >= 15 is 0 Å². The van der Waals surface area contributed by atoms with E-state index in [0.29, 0.717) is 22.5 Å². The SMILES string of the molecule is O=S(=O)(O)O.[Cd].[InH3].[O]=[Sn]. The van der Waals surface area contributed by atoms with Crippen molar-refractivity contribution in [2.24, 2.45) is 0 Å². The second kappa shape index (κ2) is 12.9. The summed E-state index contributed by atoms with van der Waals surface area (Å²) in [6.45, 7) is 0. The molecular weight excluding hydrogens is 458 g/mol. The minimum absolute atomic E-state index is 0. The van der Waals surface area contributed by atoms with Gasteiger partial charge in [-0.25, -0.2) is 0 Å². The molecule has 0 aliphatic carbocycles. The van der Waals surface area contributed by atoms with Crippen LogP contribution in [0, 0.1) is 0 Å². The molecule has 0 saturated carbocycles. The van der Waals surface area contributed by atoms with Crippen molar-refractivity contribution in [2.75, 3.05) is 0 Å². The Balaban J connectivity index is -0.0000000286. The zero-order valence-corrected chi connectivity index (χ0v) is 11.4. The Kier molecular flexibility index (Phi) is 32.2. The average Bonchev–Trinajstić information content (AvgIpc) is 1.36. The number of rotatable bonds is 0.